The predicted molar refractivity (Wildman–Crippen MR) is 156 cm³/mol. The zero-order valence-electron chi connectivity index (χ0n) is 23.5. The first-order valence-electron chi connectivity index (χ1n) is 14.1. The fourth-order valence-electron chi connectivity index (χ4n) is 5.46. The van der Waals surface area contributed by atoms with Crippen LogP contribution in [0, 0.1) is 11.7 Å². The molecule has 3 aromatic rings. The molecule has 1 aromatic heterocycles. The Hall–Kier alpha value is -2.99. The van der Waals surface area contributed by atoms with Crippen LogP contribution in [0.5, 0.6) is 0 Å². The molecule has 12 heteroatoms. The Bertz CT molecular complexity index is 1380. The van der Waals surface area contributed by atoms with Crippen LogP contribution in [0.25, 0.3) is 5.69 Å². The van der Waals surface area contributed by atoms with Crippen molar-refractivity contribution in [1.82, 2.24) is 19.6 Å². The molecule has 3 N–H and O–H groups in total. The largest absolute Gasteiger partial charge is 0.435 e. The number of alkyl halides is 3. The maximum Gasteiger partial charge on any atom is 0.435 e. The van der Waals surface area contributed by atoms with Crippen molar-refractivity contribution in [2.24, 2.45) is 11.7 Å². The van der Waals surface area contributed by atoms with Crippen LogP contribution in [-0.4, -0.2) is 58.7 Å². The molecule has 5 rings (SSSR count). The molecule has 42 heavy (non-hydrogen) atoms. The number of rotatable bonds is 9. The normalized spacial score (nSPS) is 17.4. The molecular formula is C30H37ClF4N6O. The van der Waals surface area contributed by atoms with Gasteiger partial charge in [0.1, 0.15) is 11.5 Å². The van der Waals surface area contributed by atoms with Crippen molar-refractivity contribution >= 4 is 24.0 Å². The van der Waals surface area contributed by atoms with E-state index >= 15 is 4.39 Å². The molecule has 0 radical (unpaired) electrons. The lowest BCUT2D eigenvalue weighted by Crippen LogP contribution is -2.33. The molecule has 228 valence electrons. The van der Waals surface area contributed by atoms with Crippen molar-refractivity contribution < 1.29 is 22.4 Å². The lowest BCUT2D eigenvalue weighted by atomic mass is 9.97. The Morgan fingerprint density at radius 2 is 1.88 bits per heavy atom. The van der Waals surface area contributed by atoms with E-state index in [2.05, 4.69) is 27.3 Å². The van der Waals surface area contributed by atoms with Gasteiger partial charge in [0.05, 0.1) is 11.4 Å². The molecule has 2 fully saturated rings. The smallest absolute Gasteiger partial charge is 0.326 e. The van der Waals surface area contributed by atoms with E-state index in [4.69, 9.17) is 5.73 Å². The van der Waals surface area contributed by atoms with Crippen LogP contribution in [0.3, 0.4) is 0 Å². The summed E-state index contributed by atoms with van der Waals surface area (Å²) in [6, 6.07) is 11.9. The second kappa shape index (κ2) is 13.5. The minimum Gasteiger partial charge on any atom is -0.326 e. The van der Waals surface area contributed by atoms with Crippen LogP contribution in [-0.2, 0) is 12.7 Å². The van der Waals surface area contributed by atoms with E-state index in [0.717, 1.165) is 61.6 Å². The van der Waals surface area contributed by atoms with Crippen molar-refractivity contribution in [2.75, 3.05) is 38.5 Å². The third-order valence-corrected chi connectivity index (χ3v) is 7.99. The summed E-state index contributed by atoms with van der Waals surface area (Å²) >= 11 is 0. The van der Waals surface area contributed by atoms with E-state index in [9.17, 15) is 18.0 Å². The summed E-state index contributed by atoms with van der Waals surface area (Å²) in [5.41, 5.74) is 5.83. The van der Waals surface area contributed by atoms with E-state index in [1.165, 1.54) is 25.0 Å². The minimum absolute atomic E-state index is 0. The topological polar surface area (TPSA) is 79.4 Å². The third-order valence-electron chi connectivity index (χ3n) is 7.99. The Kier molecular flexibility index (Phi) is 10.3. The van der Waals surface area contributed by atoms with Crippen molar-refractivity contribution in [1.29, 1.82) is 0 Å². The monoisotopic (exact) mass is 608 g/mol. The highest BCUT2D eigenvalue weighted by Crippen LogP contribution is 2.38. The number of nitrogens with one attached hydrogen (secondary N) is 1. The molecular weight excluding hydrogens is 572 g/mol. The number of nitrogens with two attached hydrogens (primary N) is 1. The number of hydrogen-bond acceptors (Lipinski definition) is 5. The van der Waals surface area contributed by atoms with Crippen molar-refractivity contribution in [3.05, 3.63) is 76.9 Å². The zero-order chi connectivity index (χ0) is 29.1. The first-order valence-corrected chi connectivity index (χ1v) is 14.1. The SMILES string of the molecule is CN1CCCN(C(CCC2CC2)c2ccc(F)c(NC(=O)c3cc(C(F)(F)F)nn3-c3cccc(CN)c3)c2)CC1.Cl. The van der Waals surface area contributed by atoms with Crippen LogP contribution in [0.1, 0.15) is 65.5 Å². The van der Waals surface area contributed by atoms with Gasteiger partial charge in [-0.25, -0.2) is 9.07 Å². The summed E-state index contributed by atoms with van der Waals surface area (Å²) in [5.74, 6) is -0.827. The number of amides is 1. The summed E-state index contributed by atoms with van der Waals surface area (Å²) in [6.45, 7) is 3.90. The Morgan fingerprint density at radius 1 is 1.10 bits per heavy atom. The van der Waals surface area contributed by atoms with Crippen LogP contribution < -0.4 is 11.1 Å². The summed E-state index contributed by atoms with van der Waals surface area (Å²) in [6.07, 6.45) is 0.735. The molecule has 2 aromatic carbocycles. The molecule has 1 unspecified atom stereocenters. The number of hydrogen-bond donors (Lipinski definition) is 2. The third kappa shape index (κ3) is 7.69. The number of benzene rings is 2. The molecule has 2 aliphatic rings. The number of nitrogens with zero attached hydrogens (tertiary/aromatic N) is 4. The van der Waals surface area contributed by atoms with Gasteiger partial charge in [-0.3, -0.25) is 9.69 Å². The molecule has 2 heterocycles. The fraction of sp³-hybridized carbons (Fsp3) is 0.467. The summed E-state index contributed by atoms with van der Waals surface area (Å²) < 4.78 is 56.8. The zero-order valence-corrected chi connectivity index (χ0v) is 24.4. The quantitative estimate of drug-likeness (QED) is 0.290. The van der Waals surface area contributed by atoms with Gasteiger partial charge in [0.2, 0.25) is 0 Å². The predicted octanol–water partition coefficient (Wildman–Crippen LogP) is 6.03. The van der Waals surface area contributed by atoms with Gasteiger partial charge in [-0.05, 0) is 74.2 Å². The number of carbonyl (C=O) groups excluding carboxylic acids is 1. The number of aromatic nitrogens is 2. The van der Waals surface area contributed by atoms with Crippen molar-refractivity contribution in [2.45, 2.75) is 50.9 Å². The molecule has 1 saturated carbocycles. The number of halogens is 5. The molecule has 0 bridgehead atoms. The molecule has 1 aliphatic carbocycles. The molecule has 1 saturated heterocycles. The molecule has 7 nitrogen and oxygen atoms in total. The van der Waals surface area contributed by atoms with Crippen LogP contribution in [0.15, 0.2) is 48.5 Å². The van der Waals surface area contributed by atoms with E-state index in [0.29, 0.717) is 11.6 Å². The van der Waals surface area contributed by atoms with Crippen LogP contribution in [0.2, 0.25) is 0 Å². The summed E-state index contributed by atoms with van der Waals surface area (Å²) in [7, 11) is 2.11. The van der Waals surface area contributed by atoms with E-state index in [1.54, 1.807) is 30.3 Å². The highest BCUT2D eigenvalue weighted by atomic mass is 35.5. The number of anilines is 1. The average molecular weight is 609 g/mol. The van der Waals surface area contributed by atoms with Crippen LogP contribution in [0.4, 0.5) is 23.2 Å². The molecule has 1 amide bonds. The molecule has 1 atom stereocenters. The van der Waals surface area contributed by atoms with E-state index in [1.807, 2.05) is 0 Å². The highest BCUT2D eigenvalue weighted by Gasteiger charge is 2.36. The molecule has 1 aliphatic heterocycles. The highest BCUT2D eigenvalue weighted by molar-refractivity contribution is 6.03. The van der Waals surface area contributed by atoms with Gasteiger partial charge in [0.25, 0.3) is 5.91 Å². The van der Waals surface area contributed by atoms with Gasteiger partial charge in [-0.2, -0.15) is 18.3 Å². The fourth-order valence-corrected chi connectivity index (χ4v) is 5.46. The molecule has 0 spiro atoms. The van der Waals surface area contributed by atoms with Gasteiger partial charge in [-0.1, -0.05) is 31.0 Å². The van der Waals surface area contributed by atoms with Gasteiger partial charge in [0, 0.05) is 38.3 Å². The first-order chi connectivity index (χ1) is 19.6. The van der Waals surface area contributed by atoms with E-state index < -0.39 is 23.6 Å². The Labute approximate surface area is 249 Å². The van der Waals surface area contributed by atoms with Gasteiger partial charge < -0.3 is 16.0 Å². The van der Waals surface area contributed by atoms with Gasteiger partial charge in [0.15, 0.2) is 5.69 Å². The number of carbonyl (C=O) groups is 1. The van der Waals surface area contributed by atoms with E-state index in [-0.39, 0.29) is 42.1 Å². The standard InChI is InChI=1S/C30H36F4N6O.ClH/c1-38-12-3-13-39(15-14-38)26(11-8-20-6-7-20)22-9-10-24(31)25(17-22)36-29(41)27-18-28(30(32,33)34)37-40(27)23-5-2-4-21(16-23)19-35;/h2,4-5,9-10,16-18,20,26H,3,6-8,11-15,19,35H2,1H3,(H,36,41);1H. The number of likely N-dealkylation sites (N-methyl/N-ethyl adjacent to an activating group) is 1. The maximum absolute atomic E-state index is 15.1. The van der Waals surface area contributed by atoms with Crippen LogP contribution >= 0.6 is 12.4 Å². The Balaban J connectivity index is 0.00000405. The summed E-state index contributed by atoms with van der Waals surface area (Å²) in [5, 5.41) is 6.20. The summed E-state index contributed by atoms with van der Waals surface area (Å²) in [4.78, 5) is 18.1. The minimum atomic E-state index is -4.77. The Morgan fingerprint density at radius 3 is 2.60 bits per heavy atom. The second-order valence-corrected chi connectivity index (χ2v) is 11.1. The first kappa shape index (κ1) is 31.9. The second-order valence-electron chi connectivity index (χ2n) is 11.1. The maximum atomic E-state index is 15.1. The van der Waals surface area contributed by atoms with Crippen molar-refractivity contribution in [3.8, 4) is 5.69 Å². The van der Waals surface area contributed by atoms with Gasteiger partial charge >= 0.3 is 6.18 Å². The van der Waals surface area contributed by atoms with Crippen molar-refractivity contribution in [3.63, 3.8) is 0 Å². The lowest BCUT2D eigenvalue weighted by Gasteiger charge is -2.31. The van der Waals surface area contributed by atoms with Gasteiger partial charge in [-0.15, -0.1) is 12.4 Å². The average Bonchev–Trinajstić information content (AvgIpc) is 3.70. The lowest BCUT2D eigenvalue weighted by molar-refractivity contribution is -0.141.